The number of hydrogen-bond donors (Lipinski definition) is 0. The molecule has 0 unspecified atom stereocenters. The van der Waals surface area contributed by atoms with E-state index >= 15 is 0 Å². The van der Waals surface area contributed by atoms with Crippen molar-refractivity contribution in [3.05, 3.63) is 12.3 Å². The normalized spacial score (nSPS) is 11.8. The molecule has 234 valence electrons. The SMILES string of the molecule is CCCCCCCCCCOCOC=CCCCCCCCCCCCC(OCCCCC)OCCCCC. The van der Waals surface area contributed by atoms with Crippen molar-refractivity contribution in [1.82, 2.24) is 0 Å². The van der Waals surface area contributed by atoms with Crippen molar-refractivity contribution in [3.63, 3.8) is 0 Å². The van der Waals surface area contributed by atoms with Gasteiger partial charge in [-0.05, 0) is 51.0 Å². The van der Waals surface area contributed by atoms with Gasteiger partial charge in [0.25, 0.3) is 0 Å². The Morgan fingerprint density at radius 2 is 0.897 bits per heavy atom. The minimum absolute atomic E-state index is 0.0189. The van der Waals surface area contributed by atoms with Gasteiger partial charge in [-0.15, -0.1) is 0 Å². The Bertz CT molecular complexity index is 442. The molecule has 0 aliphatic heterocycles. The van der Waals surface area contributed by atoms with Gasteiger partial charge in [-0.3, -0.25) is 0 Å². The van der Waals surface area contributed by atoms with Crippen LogP contribution in [0.15, 0.2) is 12.3 Å². The van der Waals surface area contributed by atoms with Crippen molar-refractivity contribution in [2.24, 2.45) is 0 Å². The second-order valence-corrected chi connectivity index (χ2v) is 11.4. The zero-order valence-corrected chi connectivity index (χ0v) is 26.9. The van der Waals surface area contributed by atoms with Crippen LogP contribution in [0.5, 0.6) is 0 Å². The third kappa shape index (κ3) is 33.5. The van der Waals surface area contributed by atoms with Gasteiger partial charge in [-0.25, -0.2) is 0 Å². The van der Waals surface area contributed by atoms with Crippen LogP contribution in [-0.4, -0.2) is 32.9 Å². The molecular weight excluding hydrogens is 484 g/mol. The molecule has 0 aromatic rings. The Kier molecular flexibility index (Phi) is 34.9. The molecule has 0 aromatic heterocycles. The summed E-state index contributed by atoms with van der Waals surface area (Å²) in [5, 5.41) is 0. The van der Waals surface area contributed by atoms with Gasteiger partial charge in [0.2, 0.25) is 0 Å². The topological polar surface area (TPSA) is 36.9 Å². The fourth-order valence-corrected chi connectivity index (χ4v) is 4.78. The quantitative estimate of drug-likeness (QED) is 0.0450. The van der Waals surface area contributed by atoms with Crippen molar-refractivity contribution in [2.75, 3.05) is 26.6 Å². The molecule has 0 fully saturated rings. The number of allylic oxidation sites excluding steroid dienone is 1. The van der Waals surface area contributed by atoms with E-state index in [4.69, 9.17) is 18.9 Å². The van der Waals surface area contributed by atoms with Gasteiger partial charge in [0.05, 0.1) is 12.9 Å². The third-order valence-corrected chi connectivity index (χ3v) is 7.40. The fraction of sp³-hybridized carbons (Fsp3) is 0.943. The molecular formula is C35H70O4. The highest BCUT2D eigenvalue weighted by Crippen LogP contribution is 2.15. The maximum atomic E-state index is 6.04. The molecule has 0 aliphatic carbocycles. The van der Waals surface area contributed by atoms with Gasteiger partial charge in [-0.2, -0.15) is 0 Å². The van der Waals surface area contributed by atoms with E-state index < -0.39 is 0 Å². The summed E-state index contributed by atoms with van der Waals surface area (Å²) in [6.45, 7) is 9.67. The highest BCUT2D eigenvalue weighted by molar-refractivity contribution is 4.72. The highest BCUT2D eigenvalue weighted by Gasteiger charge is 2.09. The van der Waals surface area contributed by atoms with Crippen LogP contribution in [0.1, 0.15) is 181 Å². The van der Waals surface area contributed by atoms with Crippen LogP contribution in [0.4, 0.5) is 0 Å². The summed E-state index contributed by atoms with van der Waals surface area (Å²) >= 11 is 0. The summed E-state index contributed by atoms with van der Waals surface area (Å²) in [5.41, 5.74) is 0. The first-order chi connectivity index (χ1) is 19.3. The Labute approximate surface area is 245 Å². The third-order valence-electron chi connectivity index (χ3n) is 7.40. The number of ether oxygens (including phenoxy) is 4. The highest BCUT2D eigenvalue weighted by atomic mass is 16.7. The summed E-state index contributed by atoms with van der Waals surface area (Å²) in [6.07, 6.45) is 36.1. The summed E-state index contributed by atoms with van der Waals surface area (Å²) in [4.78, 5) is 0. The fourth-order valence-electron chi connectivity index (χ4n) is 4.78. The molecule has 4 heteroatoms. The van der Waals surface area contributed by atoms with Gasteiger partial charge < -0.3 is 18.9 Å². The molecule has 0 bridgehead atoms. The van der Waals surface area contributed by atoms with E-state index in [9.17, 15) is 0 Å². The van der Waals surface area contributed by atoms with Crippen molar-refractivity contribution >= 4 is 0 Å². The standard InChI is InChI=1S/C35H70O4/c1-4-7-10-11-12-19-22-27-30-36-34-37-31-28-23-20-17-15-13-14-16-18-21-24-29-35(38-32-25-8-5-2)39-33-26-9-6-3/h28,31,35H,4-27,29-30,32-34H2,1-3H3. The van der Waals surface area contributed by atoms with Crippen LogP contribution in [0.2, 0.25) is 0 Å². The van der Waals surface area contributed by atoms with Crippen molar-refractivity contribution < 1.29 is 18.9 Å². The Morgan fingerprint density at radius 1 is 0.462 bits per heavy atom. The van der Waals surface area contributed by atoms with E-state index in [1.165, 1.54) is 128 Å². The number of hydrogen-bond acceptors (Lipinski definition) is 4. The Morgan fingerprint density at radius 3 is 1.46 bits per heavy atom. The lowest BCUT2D eigenvalue weighted by Crippen LogP contribution is -2.19. The molecule has 0 rings (SSSR count). The molecule has 4 nitrogen and oxygen atoms in total. The zero-order chi connectivity index (χ0) is 28.3. The zero-order valence-electron chi connectivity index (χ0n) is 26.9. The smallest absolute Gasteiger partial charge is 0.188 e. The minimum Gasteiger partial charge on any atom is -0.475 e. The van der Waals surface area contributed by atoms with E-state index in [1.807, 2.05) is 6.26 Å². The van der Waals surface area contributed by atoms with E-state index in [-0.39, 0.29) is 6.29 Å². The van der Waals surface area contributed by atoms with Crippen molar-refractivity contribution in [3.8, 4) is 0 Å². The van der Waals surface area contributed by atoms with Crippen LogP contribution in [0.3, 0.4) is 0 Å². The summed E-state index contributed by atoms with van der Waals surface area (Å²) in [6, 6.07) is 0. The summed E-state index contributed by atoms with van der Waals surface area (Å²) < 4.78 is 23.1. The van der Waals surface area contributed by atoms with E-state index in [1.54, 1.807) is 0 Å². The average Bonchev–Trinajstić information content (AvgIpc) is 2.95. The molecule has 0 saturated heterocycles. The van der Waals surface area contributed by atoms with Crippen LogP contribution in [0.25, 0.3) is 0 Å². The van der Waals surface area contributed by atoms with Gasteiger partial charge in [-0.1, -0.05) is 136 Å². The largest absolute Gasteiger partial charge is 0.475 e. The summed E-state index contributed by atoms with van der Waals surface area (Å²) in [5.74, 6) is 0. The van der Waals surface area contributed by atoms with E-state index in [2.05, 4.69) is 26.8 Å². The second kappa shape index (κ2) is 35.4. The minimum atomic E-state index is 0.0189. The maximum Gasteiger partial charge on any atom is 0.188 e. The lowest BCUT2D eigenvalue weighted by atomic mass is 10.1. The molecule has 0 atom stereocenters. The monoisotopic (exact) mass is 555 g/mol. The van der Waals surface area contributed by atoms with E-state index in [0.717, 1.165) is 51.9 Å². The molecule has 39 heavy (non-hydrogen) atoms. The molecule has 0 N–H and O–H groups in total. The first-order valence-corrected chi connectivity index (χ1v) is 17.4. The van der Waals surface area contributed by atoms with Crippen LogP contribution >= 0.6 is 0 Å². The number of rotatable bonds is 34. The Hall–Kier alpha value is -0.580. The Balaban J connectivity index is 3.40. The molecule has 0 amide bonds. The molecule has 0 aromatic carbocycles. The summed E-state index contributed by atoms with van der Waals surface area (Å²) in [7, 11) is 0. The van der Waals surface area contributed by atoms with Gasteiger partial charge >= 0.3 is 0 Å². The average molecular weight is 555 g/mol. The molecule has 0 heterocycles. The predicted molar refractivity (Wildman–Crippen MR) is 169 cm³/mol. The second-order valence-electron chi connectivity index (χ2n) is 11.4. The predicted octanol–water partition coefficient (Wildman–Crippen LogP) is 11.7. The van der Waals surface area contributed by atoms with Crippen molar-refractivity contribution in [1.29, 1.82) is 0 Å². The molecule has 0 aliphatic rings. The van der Waals surface area contributed by atoms with Crippen molar-refractivity contribution in [2.45, 2.75) is 188 Å². The van der Waals surface area contributed by atoms with Crippen LogP contribution in [-0.2, 0) is 18.9 Å². The molecule has 0 spiro atoms. The van der Waals surface area contributed by atoms with Crippen LogP contribution in [0, 0.1) is 0 Å². The van der Waals surface area contributed by atoms with Gasteiger partial charge in [0, 0.05) is 13.2 Å². The van der Waals surface area contributed by atoms with E-state index in [0.29, 0.717) is 6.79 Å². The maximum absolute atomic E-state index is 6.04. The first-order valence-electron chi connectivity index (χ1n) is 17.4. The lowest BCUT2D eigenvalue weighted by Gasteiger charge is -2.18. The first kappa shape index (κ1) is 38.4. The van der Waals surface area contributed by atoms with Gasteiger partial charge in [0.1, 0.15) is 0 Å². The van der Waals surface area contributed by atoms with Gasteiger partial charge in [0.15, 0.2) is 13.1 Å². The molecule has 0 radical (unpaired) electrons. The molecule has 0 saturated carbocycles. The van der Waals surface area contributed by atoms with Crippen LogP contribution < -0.4 is 0 Å². The lowest BCUT2D eigenvalue weighted by molar-refractivity contribution is -0.148. The number of unbranched alkanes of at least 4 members (excludes halogenated alkanes) is 20.